The number of benzene rings is 1. The third-order valence-electron chi connectivity index (χ3n) is 2.05. The highest BCUT2D eigenvalue weighted by molar-refractivity contribution is 9.11. The summed E-state index contributed by atoms with van der Waals surface area (Å²) in [5, 5.41) is 9.43. The summed E-state index contributed by atoms with van der Waals surface area (Å²) in [6.07, 6.45) is -0.519. The molecular formula is C12H15BrO3. The van der Waals surface area contributed by atoms with Crippen LogP contribution in [0.3, 0.4) is 0 Å². The number of rotatable bonds is 5. The molecule has 1 N–H and O–H groups in total. The number of halogens is 1. The first kappa shape index (κ1) is 13.1. The normalized spacial score (nSPS) is 12.0. The molecule has 0 heterocycles. The highest BCUT2D eigenvalue weighted by atomic mass is 79.9. The molecule has 0 aliphatic carbocycles. The first-order valence-electron chi connectivity index (χ1n) is 4.86. The Hall–Kier alpha value is -1.00. The molecule has 1 aromatic rings. The van der Waals surface area contributed by atoms with Crippen molar-refractivity contribution in [1.82, 2.24) is 0 Å². The van der Waals surface area contributed by atoms with E-state index in [1.54, 1.807) is 32.2 Å². The van der Waals surface area contributed by atoms with Crippen LogP contribution in [-0.4, -0.2) is 18.8 Å². The van der Waals surface area contributed by atoms with E-state index < -0.39 is 6.10 Å². The molecule has 16 heavy (non-hydrogen) atoms. The Morgan fingerprint density at radius 3 is 2.69 bits per heavy atom. The second-order valence-corrected chi connectivity index (χ2v) is 4.51. The fourth-order valence-corrected chi connectivity index (χ4v) is 1.33. The number of methoxy groups -OCH3 is 1. The van der Waals surface area contributed by atoms with E-state index >= 15 is 0 Å². The van der Waals surface area contributed by atoms with Crippen molar-refractivity contribution < 1.29 is 14.6 Å². The Kier molecular flexibility index (Phi) is 4.83. The summed E-state index contributed by atoms with van der Waals surface area (Å²) in [6.45, 7) is 5.77. The van der Waals surface area contributed by atoms with Gasteiger partial charge >= 0.3 is 0 Å². The minimum atomic E-state index is -0.519. The molecule has 0 bridgehead atoms. The van der Waals surface area contributed by atoms with Gasteiger partial charge in [0, 0.05) is 4.48 Å². The Labute approximate surface area is 104 Å². The lowest BCUT2D eigenvalue weighted by atomic mass is 10.1. The van der Waals surface area contributed by atoms with Gasteiger partial charge in [0.2, 0.25) is 0 Å². The molecular weight excluding hydrogens is 272 g/mol. The Morgan fingerprint density at radius 1 is 1.50 bits per heavy atom. The third kappa shape index (κ3) is 3.54. The quantitative estimate of drug-likeness (QED) is 0.904. The van der Waals surface area contributed by atoms with Gasteiger partial charge in [-0.05, 0) is 24.6 Å². The minimum absolute atomic E-state index is 0.379. The minimum Gasteiger partial charge on any atom is -0.493 e. The van der Waals surface area contributed by atoms with Crippen molar-refractivity contribution >= 4 is 15.9 Å². The third-order valence-corrected chi connectivity index (χ3v) is 2.28. The van der Waals surface area contributed by atoms with Crippen molar-refractivity contribution in [2.24, 2.45) is 0 Å². The molecule has 1 aromatic carbocycles. The summed E-state index contributed by atoms with van der Waals surface area (Å²) < 4.78 is 11.4. The molecule has 88 valence electrons. The van der Waals surface area contributed by atoms with Crippen molar-refractivity contribution in [1.29, 1.82) is 0 Å². The molecule has 0 saturated heterocycles. The van der Waals surface area contributed by atoms with Crippen molar-refractivity contribution in [2.75, 3.05) is 13.7 Å². The molecule has 0 aliphatic heterocycles. The zero-order chi connectivity index (χ0) is 12.1. The maximum absolute atomic E-state index is 9.43. The number of aliphatic hydroxyl groups is 1. The summed E-state index contributed by atoms with van der Waals surface area (Å²) >= 11 is 3.22. The lowest BCUT2D eigenvalue weighted by Gasteiger charge is -2.12. The molecule has 0 unspecified atom stereocenters. The van der Waals surface area contributed by atoms with Crippen LogP contribution < -0.4 is 9.47 Å². The molecule has 0 spiro atoms. The van der Waals surface area contributed by atoms with Crippen LogP contribution in [0, 0.1) is 0 Å². The molecule has 0 fully saturated rings. The van der Waals surface area contributed by atoms with Gasteiger partial charge in [0.15, 0.2) is 11.5 Å². The predicted molar refractivity (Wildman–Crippen MR) is 67.2 cm³/mol. The van der Waals surface area contributed by atoms with E-state index in [4.69, 9.17) is 9.47 Å². The van der Waals surface area contributed by atoms with E-state index in [9.17, 15) is 5.11 Å². The van der Waals surface area contributed by atoms with Gasteiger partial charge in [-0.1, -0.05) is 28.6 Å². The van der Waals surface area contributed by atoms with Gasteiger partial charge in [-0.3, -0.25) is 0 Å². The van der Waals surface area contributed by atoms with Gasteiger partial charge in [-0.2, -0.15) is 0 Å². The number of aliphatic hydroxyl groups excluding tert-OH is 1. The molecule has 4 heteroatoms. The molecule has 1 atom stereocenters. The van der Waals surface area contributed by atoms with E-state index in [1.165, 1.54) is 0 Å². The van der Waals surface area contributed by atoms with Gasteiger partial charge < -0.3 is 14.6 Å². The lowest BCUT2D eigenvalue weighted by molar-refractivity contribution is 0.198. The van der Waals surface area contributed by atoms with Gasteiger partial charge in [0.25, 0.3) is 0 Å². The van der Waals surface area contributed by atoms with Crippen molar-refractivity contribution in [3.8, 4) is 11.5 Å². The molecule has 0 amide bonds. The zero-order valence-corrected chi connectivity index (χ0v) is 11.0. The van der Waals surface area contributed by atoms with Gasteiger partial charge in [0.1, 0.15) is 6.61 Å². The first-order chi connectivity index (χ1) is 7.54. The second kappa shape index (κ2) is 5.92. The smallest absolute Gasteiger partial charge is 0.161 e. The van der Waals surface area contributed by atoms with Crippen molar-refractivity contribution in [2.45, 2.75) is 13.0 Å². The number of hydrogen-bond acceptors (Lipinski definition) is 3. The molecule has 3 nitrogen and oxygen atoms in total. The van der Waals surface area contributed by atoms with Crippen LogP contribution in [0.25, 0.3) is 0 Å². The average molecular weight is 287 g/mol. The SMILES string of the molecule is C=C(Br)COc1ccc([C@H](C)O)cc1OC. The predicted octanol–water partition coefficient (Wildman–Crippen LogP) is 3.04. The van der Waals surface area contributed by atoms with Crippen LogP contribution >= 0.6 is 15.9 Å². The summed E-state index contributed by atoms with van der Waals surface area (Å²) in [6, 6.07) is 5.34. The summed E-state index contributed by atoms with van der Waals surface area (Å²) in [7, 11) is 1.57. The average Bonchev–Trinajstić information content (AvgIpc) is 2.25. The summed E-state index contributed by atoms with van der Waals surface area (Å²) in [5.41, 5.74) is 0.793. The molecule has 0 aliphatic rings. The number of hydrogen-bond donors (Lipinski definition) is 1. The zero-order valence-electron chi connectivity index (χ0n) is 9.37. The second-order valence-electron chi connectivity index (χ2n) is 3.39. The van der Waals surface area contributed by atoms with E-state index in [2.05, 4.69) is 22.5 Å². The van der Waals surface area contributed by atoms with E-state index in [-0.39, 0.29) is 0 Å². The molecule has 0 saturated carbocycles. The maximum atomic E-state index is 9.43. The van der Waals surface area contributed by atoms with Crippen LogP contribution in [0.15, 0.2) is 29.3 Å². The highest BCUT2D eigenvalue weighted by Gasteiger charge is 2.08. The van der Waals surface area contributed by atoms with Gasteiger partial charge in [-0.25, -0.2) is 0 Å². The molecule has 0 radical (unpaired) electrons. The lowest BCUT2D eigenvalue weighted by Crippen LogP contribution is -2.00. The fourth-order valence-electron chi connectivity index (χ4n) is 1.22. The van der Waals surface area contributed by atoms with Crippen molar-refractivity contribution in [3.05, 3.63) is 34.8 Å². The van der Waals surface area contributed by atoms with E-state index in [0.717, 1.165) is 10.0 Å². The Morgan fingerprint density at radius 2 is 2.19 bits per heavy atom. The standard InChI is InChI=1S/C12H15BrO3/c1-8(13)7-16-11-5-4-10(9(2)14)6-12(11)15-3/h4-6,9,14H,1,7H2,2-3H3/t9-/m0/s1. The fraction of sp³-hybridized carbons (Fsp3) is 0.333. The van der Waals surface area contributed by atoms with E-state index in [1.807, 2.05) is 0 Å². The molecule has 0 aromatic heterocycles. The maximum Gasteiger partial charge on any atom is 0.161 e. The van der Waals surface area contributed by atoms with Crippen LogP contribution in [0.5, 0.6) is 11.5 Å². The van der Waals surface area contributed by atoms with Crippen LogP contribution in [0.4, 0.5) is 0 Å². The highest BCUT2D eigenvalue weighted by Crippen LogP contribution is 2.30. The monoisotopic (exact) mass is 286 g/mol. The van der Waals surface area contributed by atoms with Crippen molar-refractivity contribution in [3.63, 3.8) is 0 Å². The Balaban J connectivity index is 2.88. The summed E-state index contributed by atoms with van der Waals surface area (Å²) in [4.78, 5) is 0. The largest absolute Gasteiger partial charge is 0.493 e. The number of ether oxygens (including phenoxy) is 2. The first-order valence-corrected chi connectivity index (χ1v) is 5.66. The summed E-state index contributed by atoms with van der Waals surface area (Å²) in [5.74, 6) is 1.24. The topological polar surface area (TPSA) is 38.7 Å². The van der Waals surface area contributed by atoms with Crippen LogP contribution in [0.1, 0.15) is 18.6 Å². The van der Waals surface area contributed by atoms with E-state index in [0.29, 0.717) is 18.1 Å². The van der Waals surface area contributed by atoms with Crippen LogP contribution in [0.2, 0.25) is 0 Å². The Bertz CT molecular complexity index is 375. The molecule has 1 rings (SSSR count). The van der Waals surface area contributed by atoms with Crippen LogP contribution in [-0.2, 0) is 0 Å². The van der Waals surface area contributed by atoms with Gasteiger partial charge in [0.05, 0.1) is 13.2 Å². The van der Waals surface area contributed by atoms with Gasteiger partial charge in [-0.15, -0.1) is 0 Å².